The van der Waals surface area contributed by atoms with Crippen LogP contribution in [0.4, 0.5) is 26.3 Å². The van der Waals surface area contributed by atoms with Gasteiger partial charge in [-0.3, -0.25) is 4.79 Å². The second-order valence-electron chi connectivity index (χ2n) is 7.29. The fourth-order valence-electron chi connectivity index (χ4n) is 3.25. The molecule has 0 atom stereocenters. The fourth-order valence-corrected chi connectivity index (χ4v) is 3.25. The zero-order valence-electron chi connectivity index (χ0n) is 16.5. The van der Waals surface area contributed by atoms with E-state index >= 15 is 0 Å². The summed E-state index contributed by atoms with van der Waals surface area (Å²) < 4.78 is 78.5. The first kappa shape index (κ1) is 23.3. The molecule has 2 aromatic rings. The van der Waals surface area contributed by atoms with E-state index in [9.17, 15) is 31.1 Å². The molecule has 0 radical (unpaired) electrons. The molecule has 0 fully saturated rings. The van der Waals surface area contributed by atoms with Gasteiger partial charge in [-0.1, -0.05) is 30.3 Å². The van der Waals surface area contributed by atoms with Gasteiger partial charge >= 0.3 is 18.3 Å². The number of aliphatic carboxylic acids is 1. The topological polar surface area (TPSA) is 40.3 Å². The molecule has 0 bridgehead atoms. The van der Waals surface area contributed by atoms with Crippen molar-refractivity contribution in [1.29, 1.82) is 0 Å². The van der Waals surface area contributed by atoms with E-state index in [4.69, 9.17) is 5.11 Å². The lowest BCUT2D eigenvalue weighted by Gasteiger charge is -2.08. The Morgan fingerprint density at radius 3 is 1.91 bits per heavy atom. The third-order valence-electron chi connectivity index (χ3n) is 4.81. The van der Waals surface area contributed by atoms with E-state index < -0.39 is 29.4 Å². The van der Waals surface area contributed by atoms with E-state index in [1.807, 2.05) is 0 Å². The zero-order chi connectivity index (χ0) is 23.5. The molecule has 0 amide bonds. The molecule has 3 rings (SSSR count). The van der Waals surface area contributed by atoms with E-state index in [2.05, 4.69) is 0 Å². The first-order chi connectivity index (χ1) is 14.9. The average molecular weight is 454 g/mol. The number of carboxylic acids is 1. The predicted molar refractivity (Wildman–Crippen MR) is 106 cm³/mol. The van der Waals surface area contributed by atoms with Gasteiger partial charge in [0, 0.05) is 16.7 Å². The van der Waals surface area contributed by atoms with Crippen molar-refractivity contribution < 1.29 is 40.8 Å². The molecule has 1 heterocycles. The quantitative estimate of drug-likeness (QED) is 0.435. The Kier molecular flexibility index (Phi) is 6.57. The summed E-state index contributed by atoms with van der Waals surface area (Å²) in [5.41, 5.74) is 0.592. The molecule has 0 saturated carbocycles. The maximum Gasteiger partial charge on any atom is 0.416 e. The van der Waals surface area contributed by atoms with E-state index in [0.29, 0.717) is 22.3 Å². The number of hydrogen-bond acceptors (Lipinski definition) is 1. The smallest absolute Gasteiger partial charge is 0.416 e. The molecule has 32 heavy (non-hydrogen) atoms. The molecule has 1 N–H and O–H groups in total. The van der Waals surface area contributed by atoms with Gasteiger partial charge in [0.05, 0.1) is 17.5 Å². The summed E-state index contributed by atoms with van der Waals surface area (Å²) in [6.07, 6.45) is -3.96. The number of carbonyl (C=O) groups is 1. The largest absolute Gasteiger partial charge is 0.481 e. The molecule has 2 aromatic carbocycles. The SMILES string of the molecule is O=C(O)CC1=C[N+](Cc2ccc(C(F)(F)F)cc2)=CC(c2ccc(C(F)(F)F)cc2)=CC1. The number of allylic oxidation sites excluding steroid dienone is 2. The summed E-state index contributed by atoms with van der Waals surface area (Å²) in [4.78, 5) is 11.2. The molecule has 1 aliphatic rings. The van der Waals surface area contributed by atoms with Crippen molar-refractivity contribution >= 4 is 17.8 Å². The minimum absolute atomic E-state index is 0.152. The highest BCUT2D eigenvalue weighted by molar-refractivity contribution is 6.07. The first-order valence-corrected chi connectivity index (χ1v) is 9.48. The maximum absolute atomic E-state index is 12.8. The van der Waals surface area contributed by atoms with E-state index in [1.54, 1.807) is 23.1 Å². The molecule has 0 saturated heterocycles. The highest BCUT2D eigenvalue weighted by Gasteiger charge is 2.31. The highest BCUT2D eigenvalue weighted by Crippen LogP contribution is 2.31. The van der Waals surface area contributed by atoms with Crippen LogP contribution in [-0.4, -0.2) is 21.9 Å². The second kappa shape index (κ2) is 9.02. The molecule has 0 spiro atoms. The highest BCUT2D eigenvalue weighted by atomic mass is 19.4. The van der Waals surface area contributed by atoms with Gasteiger partial charge in [-0.2, -0.15) is 26.3 Å². The van der Waals surface area contributed by atoms with Gasteiger partial charge in [-0.25, -0.2) is 4.58 Å². The summed E-state index contributed by atoms with van der Waals surface area (Å²) in [7, 11) is 0. The minimum Gasteiger partial charge on any atom is -0.481 e. The van der Waals surface area contributed by atoms with Crippen molar-refractivity contribution in [2.45, 2.75) is 31.7 Å². The number of rotatable bonds is 5. The van der Waals surface area contributed by atoms with Gasteiger partial charge < -0.3 is 5.11 Å². The van der Waals surface area contributed by atoms with Gasteiger partial charge in [-0.05, 0) is 36.2 Å². The summed E-state index contributed by atoms with van der Waals surface area (Å²) in [5, 5.41) is 9.13. The Hall–Kier alpha value is -3.36. The van der Waals surface area contributed by atoms with Crippen LogP contribution in [0.3, 0.4) is 0 Å². The van der Waals surface area contributed by atoms with Crippen molar-refractivity contribution in [2.24, 2.45) is 0 Å². The summed E-state index contributed by atoms with van der Waals surface area (Å²) in [6, 6.07) is 9.14. The molecule has 9 heteroatoms. The number of hydrogen-bond donors (Lipinski definition) is 1. The zero-order valence-corrected chi connectivity index (χ0v) is 16.5. The van der Waals surface area contributed by atoms with Crippen LogP contribution >= 0.6 is 0 Å². The molecule has 1 aliphatic heterocycles. The van der Waals surface area contributed by atoms with Crippen molar-refractivity contribution in [3.8, 4) is 0 Å². The van der Waals surface area contributed by atoms with Gasteiger partial charge in [0.2, 0.25) is 0 Å². The average Bonchev–Trinajstić information content (AvgIpc) is 2.89. The number of halogens is 6. The van der Waals surface area contributed by atoms with Gasteiger partial charge in [0.1, 0.15) is 0 Å². The van der Waals surface area contributed by atoms with Crippen LogP contribution in [0.5, 0.6) is 0 Å². The van der Waals surface area contributed by atoms with Crippen molar-refractivity contribution in [3.05, 3.63) is 88.6 Å². The molecular formula is C23H18F6NO2+. The maximum atomic E-state index is 12.8. The summed E-state index contributed by atoms with van der Waals surface area (Å²) >= 11 is 0. The van der Waals surface area contributed by atoms with Crippen LogP contribution in [0, 0.1) is 0 Å². The van der Waals surface area contributed by atoms with Crippen molar-refractivity contribution in [3.63, 3.8) is 0 Å². The normalized spacial score (nSPS) is 14.9. The van der Waals surface area contributed by atoms with Crippen LogP contribution in [0.1, 0.15) is 35.1 Å². The Bertz CT molecular complexity index is 1080. The number of carboxylic acid groups (broad SMARTS) is 1. The van der Waals surface area contributed by atoms with Crippen molar-refractivity contribution in [2.75, 3.05) is 0 Å². The van der Waals surface area contributed by atoms with Gasteiger partial charge in [0.25, 0.3) is 0 Å². The summed E-state index contributed by atoms with van der Waals surface area (Å²) in [6.45, 7) is 0.152. The lowest BCUT2D eigenvalue weighted by atomic mass is 10.0. The van der Waals surface area contributed by atoms with E-state index in [0.717, 1.165) is 24.3 Å². The number of alkyl halides is 6. The molecule has 0 aromatic heterocycles. The molecular weight excluding hydrogens is 436 g/mol. The third-order valence-corrected chi connectivity index (χ3v) is 4.81. The first-order valence-electron chi connectivity index (χ1n) is 9.48. The van der Waals surface area contributed by atoms with E-state index in [-0.39, 0.29) is 19.4 Å². The van der Waals surface area contributed by atoms with E-state index in [1.165, 1.54) is 24.3 Å². The van der Waals surface area contributed by atoms with Gasteiger partial charge in [-0.15, -0.1) is 0 Å². The second-order valence-corrected chi connectivity index (χ2v) is 7.29. The molecule has 0 aliphatic carbocycles. The van der Waals surface area contributed by atoms with Crippen LogP contribution in [0.2, 0.25) is 0 Å². The van der Waals surface area contributed by atoms with Gasteiger partial charge in [0.15, 0.2) is 19.0 Å². The molecule has 3 nitrogen and oxygen atoms in total. The third kappa shape index (κ3) is 6.09. The fraction of sp³-hybridized carbons (Fsp3) is 0.217. The molecule has 0 unspecified atom stereocenters. The Balaban J connectivity index is 1.92. The monoisotopic (exact) mass is 454 g/mol. The Morgan fingerprint density at radius 2 is 1.41 bits per heavy atom. The number of nitrogens with zero attached hydrogens (tertiary/aromatic N) is 1. The Labute approximate surface area is 179 Å². The van der Waals surface area contributed by atoms with Crippen LogP contribution in [0.15, 0.2) is 66.4 Å². The molecule has 168 valence electrons. The number of benzene rings is 2. The lowest BCUT2D eigenvalue weighted by molar-refractivity contribution is -0.469. The summed E-state index contributed by atoms with van der Waals surface area (Å²) in [5.74, 6) is -1.04. The minimum atomic E-state index is -4.47. The standard InChI is InChI=1S/C23H17F6NO2/c24-22(25,26)19-7-2-15(3-8-19)12-30-13-16(11-21(31)32)1-4-18(14-30)17-5-9-20(10-6-17)23(27,28)29/h2-10,13-14H,1,11-12H2/p+1. The lowest BCUT2D eigenvalue weighted by Crippen LogP contribution is -2.09. The van der Waals surface area contributed by atoms with Crippen molar-refractivity contribution in [1.82, 2.24) is 0 Å². The Morgan fingerprint density at radius 1 is 0.875 bits per heavy atom. The predicted octanol–water partition coefficient (Wildman–Crippen LogP) is 6.15. The van der Waals surface area contributed by atoms with Crippen LogP contribution in [0.25, 0.3) is 5.57 Å². The van der Waals surface area contributed by atoms with Crippen LogP contribution < -0.4 is 0 Å². The van der Waals surface area contributed by atoms with Crippen LogP contribution in [-0.2, 0) is 23.7 Å².